The van der Waals surface area contributed by atoms with E-state index < -0.39 is 11.7 Å². The Labute approximate surface area is 205 Å². The molecule has 1 heterocycles. The number of benzene rings is 2. The van der Waals surface area contributed by atoms with Gasteiger partial charge in [-0.1, -0.05) is 63.3 Å². The summed E-state index contributed by atoms with van der Waals surface area (Å²) in [6.07, 6.45) is 6.87. The highest BCUT2D eigenvalue weighted by Crippen LogP contribution is 2.36. The summed E-state index contributed by atoms with van der Waals surface area (Å²) in [5, 5.41) is 5.89. The molecule has 4 nitrogen and oxygen atoms in total. The first kappa shape index (κ1) is 25.0. The van der Waals surface area contributed by atoms with Crippen molar-refractivity contribution in [3.63, 3.8) is 0 Å². The zero-order chi connectivity index (χ0) is 24.7. The topological polar surface area (TPSA) is 49.8 Å². The van der Waals surface area contributed by atoms with Crippen LogP contribution < -0.4 is 10.6 Å². The number of hydrogen-bond acceptors (Lipinski definition) is 4. The van der Waals surface area contributed by atoms with Gasteiger partial charge in [-0.05, 0) is 67.0 Å². The molecule has 0 amide bonds. The predicted molar refractivity (Wildman–Crippen MR) is 136 cm³/mol. The van der Waals surface area contributed by atoms with Gasteiger partial charge in [-0.2, -0.15) is 18.2 Å². The van der Waals surface area contributed by atoms with E-state index in [-0.39, 0.29) is 11.8 Å². The van der Waals surface area contributed by atoms with Gasteiger partial charge in [0.2, 0.25) is 5.95 Å². The second-order valence-electron chi connectivity index (χ2n) is 9.31. The molecule has 0 bridgehead atoms. The number of aromatic nitrogens is 2. The summed E-state index contributed by atoms with van der Waals surface area (Å²) in [5.41, 5.74) is 2.87. The molecule has 1 fully saturated rings. The fraction of sp³-hybridized carbons (Fsp3) is 0.429. The third-order valence-electron chi connectivity index (χ3n) is 6.62. The Balaban J connectivity index is 1.49. The number of nitrogens with zero attached hydrogens (tertiary/aromatic N) is 2. The molecule has 0 atom stereocenters. The Bertz CT molecular complexity index is 1070. The standard InChI is InChI=1S/C28H33F3N4/c1-2-3-5-8-20-11-15-24(16-12-20)34-27-32-19-25(28(29,30)31)26(35-27)33-23-17-13-22(14-18-23)21-9-6-4-7-10-21/h11-19,21H,2-10H2,1H3,(H2,32,33,34,35). The van der Waals surface area contributed by atoms with E-state index in [4.69, 9.17) is 0 Å². The van der Waals surface area contributed by atoms with E-state index >= 15 is 0 Å². The largest absolute Gasteiger partial charge is 0.421 e. The second kappa shape index (κ2) is 11.6. The van der Waals surface area contributed by atoms with Crippen molar-refractivity contribution >= 4 is 23.1 Å². The molecule has 2 N–H and O–H groups in total. The number of nitrogens with one attached hydrogen (secondary N) is 2. The summed E-state index contributed by atoms with van der Waals surface area (Å²) < 4.78 is 40.9. The highest BCUT2D eigenvalue weighted by molar-refractivity contribution is 5.63. The molecule has 0 unspecified atom stereocenters. The van der Waals surface area contributed by atoms with Gasteiger partial charge in [0.1, 0.15) is 11.4 Å². The van der Waals surface area contributed by atoms with Crippen LogP contribution in [-0.2, 0) is 12.6 Å². The van der Waals surface area contributed by atoms with Crippen molar-refractivity contribution in [2.45, 2.75) is 76.8 Å². The molecule has 0 saturated heterocycles. The molecule has 1 aliphatic rings. The molecule has 4 rings (SSSR count). The van der Waals surface area contributed by atoms with Gasteiger partial charge in [-0.25, -0.2) is 4.98 Å². The number of unbranched alkanes of at least 4 members (excludes halogenated alkanes) is 2. The van der Waals surface area contributed by atoms with Crippen molar-refractivity contribution in [1.82, 2.24) is 9.97 Å². The fourth-order valence-corrected chi connectivity index (χ4v) is 4.62. The van der Waals surface area contributed by atoms with Crippen molar-refractivity contribution in [2.75, 3.05) is 10.6 Å². The number of hydrogen-bond donors (Lipinski definition) is 2. The van der Waals surface area contributed by atoms with E-state index in [0.29, 0.717) is 11.6 Å². The number of aryl methyl sites for hydroxylation is 1. The molecule has 0 aliphatic heterocycles. The lowest BCUT2D eigenvalue weighted by atomic mass is 9.84. The van der Waals surface area contributed by atoms with Gasteiger partial charge >= 0.3 is 6.18 Å². The quantitative estimate of drug-likeness (QED) is 0.299. The van der Waals surface area contributed by atoms with Crippen LogP contribution in [0.1, 0.15) is 80.9 Å². The SMILES string of the molecule is CCCCCc1ccc(Nc2ncc(C(F)(F)F)c(Nc3ccc(C4CCCCC4)cc3)n2)cc1. The molecule has 2 aromatic carbocycles. The van der Waals surface area contributed by atoms with Crippen molar-refractivity contribution in [1.29, 1.82) is 0 Å². The van der Waals surface area contributed by atoms with Gasteiger partial charge in [0, 0.05) is 17.6 Å². The van der Waals surface area contributed by atoms with Crippen LogP contribution in [0.3, 0.4) is 0 Å². The second-order valence-corrected chi connectivity index (χ2v) is 9.31. The maximum absolute atomic E-state index is 13.6. The van der Waals surface area contributed by atoms with Crippen molar-refractivity contribution in [3.8, 4) is 0 Å². The van der Waals surface area contributed by atoms with Gasteiger partial charge in [0.25, 0.3) is 0 Å². The Hall–Kier alpha value is -3.09. The van der Waals surface area contributed by atoms with E-state index in [1.165, 1.54) is 56.1 Å². The van der Waals surface area contributed by atoms with Crippen LogP contribution in [0, 0.1) is 0 Å². The minimum atomic E-state index is -4.57. The summed E-state index contributed by atoms with van der Waals surface area (Å²) in [6.45, 7) is 2.17. The summed E-state index contributed by atoms with van der Waals surface area (Å²) in [6, 6.07) is 15.5. The van der Waals surface area contributed by atoms with Crippen LogP contribution in [0.5, 0.6) is 0 Å². The zero-order valence-corrected chi connectivity index (χ0v) is 20.2. The van der Waals surface area contributed by atoms with E-state index in [1.807, 2.05) is 48.5 Å². The third kappa shape index (κ3) is 6.96. The van der Waals surface area contributed by atoms with Crippen LogP contribution in [0.25, 0.3) is 0 Å². The lowest BCUT2D eigenvalue weighted by Crippen LogP contribution is -2.12. The Morgan fingerprint density at radius 1 is 0.857 bits per heavy atom. The van der Waals surface area contributed by atoms with Gasteiger partial charge in [0.15, 0.2) is 0 Å². The number of alkyl halides is 3. The van der Waals surface area contributed by atoms with Gasteiger partial charge in [0.05, 0.1) is 0 Å². The molecular formula is C28H33F3N4. The number of anilines is 4. The summed E-state index contributed by atoms with van der Waals surface area (Å²) >= 11 is 0. The highest BCUT2D eigenvalue weighted by Gasteiger charge is 2.35. The molecule has 7 heteroatoms. The van der Waals surface area contributed by atoms with Gasteiger partial charge < -0.3 is 10.6 Å². The molecule has 1 saturated carbocycles. The molecule has 0 spiro atoms. The molecule has 1 aliphatic carbocycles. The molecule has 186 valence electrons. The maximum Gasteiger partial charge on any atom is 0.421 e. The minimum Gasteiger partial charge on any atom is -0.340 e. The zero-order valence-electron chi connectivity index (χ0n) is 20.2. The van der Waals surface area contributed by atoms with E-state index in [1.54, 1.807) is 0 Å². The average Bonchev–Trinajstić information content (AvgIpc) is 2.86. The van der Waals surface area contributed by atoms with Gasteiger partial charge in [-0.3, -0.25) is 0 Å². The number of halogens is 3. The molecular weight excluding hydrogens is 449 g/mol. The Morgan fingerprint density at radius 2 is 1.51 bits per heavy atom. The average molecular weight is 483 g/mol. The van der Waals surface area contributed by atoms with Crippen LogP contribution in [0.4, 0.5) is 36.3 Å². The Kier molecular flexibility index (Phi) is 8.26. The smallest absolute Gasteiger partial charge is 0.340 e. The summed E-state index contributed by atoms with van der Waals surface area (Å²) in [4.78, 5) is 8.09. The first-order valence-electron chi connectivity index (χ1n) is 12.6. The van der Waals surface area contributed by atoms with Crippen LogP contribution in [-0.4, -0.2) is 9.97 Å². The molecule has 0 radical (unpaired) electrons. The monoisotopic (exact) mass is 482 g/mol. The van der Waals surface area contributed by atoms with E-state index in [0.717, 1.165) is 24.7 Å². The first-order valence-corrected chi connectivity index (χ1v) is 12.6. The van der Waals surface area contributed by atoms with Crippen molar-refractivity contribution < 1.29 is 13.2 Å². The molecule has 1 aromatic heterocycles. The first-order chi connectivity index (χ1) is 16.9. The highest BCUT2D eigenvalue weighted by atomic mass is 19.4. The van der Waals surface area contributed by atoms with Crippen LogP contribution >= 0.6 is 0 Å². The maximum atomic E-state index is 13.6. The van der Waals surface area contributed by atoms with E-state index in [2.05, 4.69) is 27.5 Å². The predicted octanol–water partition coefficient (Wildman–Crippen LogP) is 8.76. The fourth-order valence-electron chi connectivity index (χ4n) is 4.62. The number of rotatable bonds is 9. The van der Waals surface area contributed by atoms with Gasteiger partial charge in [-0.15, -0.1) is 0 Å². The minimum absolute atomic E-state index is 0.109. The van der Waals surface area contributed by atoms with Crippen molar-refractivity contribution in [3.05, 3.63) is 71.4 Å². The summed E-state index contributed by atoms with van der Waals surface area (Å²) in [5.74, 6) is 0.381. The normalized spacial score (nSPS) is 14.6. The van der Waals surface area contributed by atoms with Crippen LogP contribution in [0.2, 0.25) is 0 Å². The Morgan fingerprint density at radius 3 is 2.17 bits per heavy atom. The van der Waals surface area contributed by atoms with E-state index in [9.17, 15) is 13.2 Å². The third-order valence-corrected chi connectivity index (χ3v) is 6.62. The lowest BCUT2D eigenvalue weighted by molar-refractivity contribution is -0.137. The van der Waals surface area contributed by atoms with Crippen LogP contribution in [0.15, 0.2) is 54.7 Å². The molecule has 3 aromatic rings. The summed E-state index contributed by atoms with van der Waals surface area (Å²) in [7, 11) is 0. The van der Waals surface area contributed by atoms with Crippen molar-refractivity contribution in [2.24, 2.45) is 0 Å². The lowest BCUT2D eigenvalue weighted by Gasteiger charge is -2.22. The molecule has 35 heavy (non-hydrogen) atoms.